The van der Waals surface area contributed by atoms with Crippen molar-refractivity contribution >= 4 is 39.5 Å². The van der Waals surface area contributed by atoms with Gasteiger partial charge in [-0.3, -0.25) is 37.3 Å². The Bertz CT molecular complexity index is 2060. The molecule has 19 heteroatoms. The Hall–Kier alpha value is -1.94. The maximum atomic E-state index is 13.2. The van der Waals surface area contributed by atoms with Gasteiger partial charge in [-0.2, -0.15) is 0 Å². The van der Waals surface area contributed by atoms with Crippen LogP contribution >= 0.6 is 15.6 Å². The lowest BCUT2D eigenvalue weighted by molar-refractivity contribution is -0.161. The molecule has 0 radical (unpaired) electrons. The monoisotopic (exact) mass is 1560 g/mol. The fourth-order valence-electron chi connectivity index (χ4n) is 13.7. The largest absolute Gasteiger partial charge is 0.472 e. The van der Waals surface area contributed by atoms with Gasteiger partial charge in [0.05, 0.1) is 26.4 Å². The summed E-state index contributed by atoms with van der Waals surface area (Å²) in [6, 6.07) is 0. The molecule has 0 aliphatic rings. The number of ether oxygens (including phenoxy) is 4. The second kappa shape index (κ2) is 78.0. The Morgan fingerprint density at radius 3 is 0.636 bits per heavy atom. The molecule has 107 heavy (non-hydrogen) atoms. The molecule has 636 valence electrons. The van der Waals surface area contributed by atoms with Crippen LogP contribution in [0.5, 0.6) is 0 Å². The summed E-state index contributed by atoms with van der Waals surface area (Å²) in [5, 5.41) is 10.7. The Balaban J connectivity index is 5.26. The number of aliphatic hydroxyl groups is 1. The molecule has 2 unspecified atom stereocenters. The van der Waals surface area contributed by atoms with E-state index in [0.29, 0.717) is 25.7 Å². The lowest BCUT2D eigenvalue weighted by Crippen LogP contribution is -2.30. The van der Waals surface area contributed by atoms with E-state index in [1.54, 1.807) is 0 Å². The Morgan fingerprint density at radius 1 is 0.252 bits per heavy atom. The molecule has 0 aliphatic carbocycles. The molecule has 0 spiro atoms. The van der Waals surface area contributed by atoms with E-state index in [9.17, 15) is 43.2 Å². The SMILES string of the molecule is CCCCCCCCCCCCCCCCCCCC(=O)O[C@H](COC(=O)CCCCCCCCCCCC(C)C)COP(=O)(O)OC[C@H](O)COP(=O)(O)OC[C@@H](COC(=O)CCCCCCCCCCCCCCCCCCC(C)C)OC(=O)CCCCCCCCCCCCCCCCCCC(C)C. The molecule has 0 bridgehead atoms. The van der Waals surface area contributed by atoms with Crippen LogP contribution in [-0.2, 0) is 65.4 Å². The fraction of sp³-hybridized carbons (Fsp3) is 0.955. The average molecular weight is 1560 g/mol. The summed E-state index contributed by atoms with van der Waals surface area (Å²) in [5.74, 6) is 0.265. The highest BCUT2D eigenvalue weighted by atomic mass is 31.2. The number of rotatable bonds is 86. The van der Waals surface area contributed by atoms with E-state index in [4.69, 9.17) is 37.0 Å². The van der Waals surface area contributed by atoms with Crippen molar-refractivity contribution in [1.29, 1.82) is 0 Å². The fourth-order valence-corrected chi connectivity index (χ4v) is 15.3. The van der Waals surface area contributed by atoms with Gasteiger partial charge in [-0.15, -0.1) is 0 Å². The first-order valence-electron chi connectivity index (χ1n) is 45.3. The molecule has 3 N–H and O–H groups in total. The summed E-state index contributed by atoms with van der Waals surface area (Å²) in [5.41, 5.74) is 0. The normalized spacial score (nSPS) is 13.8. The van der Waals surface area contributed by atoms with E-state index < -0.39 is 97.5 Å². The maximum absolute atomic E-state index is 13.2. The summed E-state index contributed by atoms with van der Waals surface area (Å²) < 4.78 is 69.0. The first kappa shape index (κ1) is 105. The van der Waals surface area contributed by atoms with Gasteiger partial charge in [0.2, 0.25) is 0 Å². The van der Waals surface area contributed by atoms with Crippen molar-refractivity contribution < 1.29 is 80.2 Å². The average Bonchev–Trinajstić information content (AvgIpc) is 0.902. The number of phosphoric acid groups is 2. The van der Waals surface area contributed by atoms with Crippen molar-refractivity contribution in [1.82, 2.24) is 0 Å². The Morgan fingerprint density at radius 2 is 0.430 bits per heavy atom. The highest BCUT2D eigenvalue weighted by Gasteiger charge is 2.31. The van der Waals surface area contributed by atoms with E-state index in [-0.39, 0.29) is 25.7 Å². The third-order valence-electron chi connectivity index (χ3n) is 20.6. The van der Waals surface area contributed by atoms with Crippen molar-refractivity contribution in [2.24, 2.45) is 17.8 Å². The van der Waals surface area contributed by atoms with Crippen LogP contribution in [0.1, 0.15) is 466 Å². The first-order chi connectivity index (χ1) is 51.7. The minimum Gasteiger partial charge on any atom is -0.462 e. The molecule has 0 amide bonds. The van der Waals surface area contributed by atoms with Crippen LogP contribution < -0.4 is 0 Å². The van der Waals surface area contributed by atoms with Crippen molar-refractivity contribution in [2.45, 2.75) is 484 Å². The molecule has 0 rings (SSSR count). The quantitative estimate of drug-likeness (QED) is 0.0222. The molecule has 0 aromatic carbocycles. The summed E-state index contributed by atoms with van der Waals surface area (Å²) in [7, 11) is -9.93. The van der Waals surface area contributed by atoms with E-state index in [1.807, 2.05) is 0 Å². The number of unbranched alkanes of at least 4 members (excludes halogenated alkanes) is 54. The highest BCUT2D eigenvalue weighted by Crippen LogP contribution is 2.45. The smallest absolute Gasteiger partial charge is 0.462 e. The van der Waals surface area contributed by atoms with Crippen LogP contribution in [0.25, 0.3) is 0 Å². The van der Waals surface area contributed by atoms with Gasteiger partial charge in [-0.05, 0) is 43.4 Å². The van der Waals surface area contributed by atoms with Crippen molar-refractivity contribution in [3.05, 3.63) is 0 Å². The number of carbonyl (C=O) groups excluding carboxylic acids is 4. The zero-order valence-corrected chi connectivity index (χ0v) is 72.4. The van der Waals surface area contributed by atoms with Gasteiger partial charge in [-0.25, -0.2) is 9.13 Å². The molecular formula is C88H172O17P2. The number of hydrogen-bond donors (Lipinski definition) is 3. The molecule has 0 aliphatic heterocycles. The van der Waals surface area contributed by atoms with E-state index in [2.05, 4.69) is 48.5 Å². The summed E-state index contributed by atoms with van der Waals surface area (Å²) in [6.45, 7) is 12.0. The van der Waals surface area contributed by atoms with Crippen molar-refractivity contribution in [3.63, 3.8) is 0 Å². The van der Waals surface area contributed by atoms with Crippen LogP contribution in [0.2, 0.25) is 0 Å². The zero-order valence-electron chi connectivity index (χ0n) is 70.6. The second-order valence-corrected chi connectivity index (χ2v) is 36.0. The van der Waals surface area contributed by atoms with E-state index in [0.717, 1.165) is 108 Å². The third-order valence-corrected chi connectivity index (χ3v) is 22.5. The standard InChI is InChI=1S/C88H172O17P2/c1-8-9-10-11-12-13-14-15-16-17-25-30-35-42-50-57-64-71-88(93)105-84(76-99-86(91)70-63-56-49-44-37-40-47-54-61-68-81(6)7)78-103-107(96,97)101-74-82(89)73-100-106(94,95)102-77-83(104-87(92)72-65-58-51-43-36-31-26-21-19-23-28-33-39-46-53-60-67-80(4)5)75-98-85(90)69-62-55-48-41-34-29-24-20-18-22-27-32-38-45-52-59-66-79(2)3/h79-84,89H,8-78H2,1-7H3,(H,94,95)(H,96,97)/t82-,83-,84-/m1/s1. The minimum atomic E-state index is -4.97. The van der Waals surface area contributed by atoms with E-state index in [1.165, 1.54) is 276 Å². The molecule has 0 saturated carbocycles. The molecule has 17 nitrogen and oxygen atoms in total. The van der Waals surface area contributed by atoms with Crippen LogP contribution in [0.4, 0.5) is 0 Å². The Kier molecular flexibility index (Phi) is 76.6. The van der Waals surface area contributed by atoms with Crippen molar-refractivity contribution in [2.75, 3.05) is 39.6 Å². The minimum absolute atomic E-state index is 0.108. The zero-order chi connectivity index (χ0) is 78.6. The summed E-state index contributed by atoms with van der Waals surface area (Å²) in [4.78, 5) is 73.3. The summed E-state index contributed by atoms with van der Waals surface area (Å²) >= 11 is 0. The van der Waals surface area contributed by atoms with Gasteiger partial charge < -0.3 is 33.8 Å². The molecule has 0 heterocycles. The number of aliphatic hydroxyl groups excluding tert-OH is 1. The van der Waals surface area contributed by atoms with Crippen LogP contribution in [0.3, 0.4) is 0 Å². The number of carbonyl (C=O) groups is 4. The predicted octanol–water partition coefficient (Wildman–Crippen LogP) is 26.9. The third kappa shape index (κ3) is 81.9. The number of phosphoric ester groups is 2. The molecule has 0 fully saturated rings. The second-order valence-electron chi connectivity index (χ2n) is 33.1. The Labute approximate surface area is 658 Å². The van der Waals surface area contributed by atoms with Crippen LogP contribution in [0, 0.1) is 17.8 Å². The van der Waals surface area contributed by atoms with Gasteiger partial charge in [0.25, 0.3) is 0 Å². The molecule has 0 aromatic rings. The number of esters is 4. The first-order valence-corrected chi connectivity index (χ1v) is 48.3. The highest BCUT2D eigenvalue weighted by molar-refractivity contribution is 7.47. The lowest BCUT2D eigenvalue weighted by atomic mass is 10.0. The molecule has 0 saturated heterocycles. The molecular weight excluding hydrogens is 1390 g/mol. The summed E-state index contributed by atoms with van der Waals surface area (Å²) in [6.07, 6.45) is 69.4. The van der Waals surface area contributed by atoms with Gasteiger partial charge in [0, 0.05) is 25.7 Å². The molecule has 0 aromatic heterocycles. The van der Waals surface area contributed by atoms with Gasteiger partial charge in [0.1, 0.15) is 19.3 Å². The maximum Gasteiger partial charge on any atom is 0.472 e. The van der Waals surface area contributed by atoms with Gasteiger partial charge in [-0.1, -0.05) is 414 Å². The lowest BCUT2D eigenvalue weighted by Gasteiger charge is -2.21. The van der Waals surface area contributed by atoms with Gasteiger partial charge >= 0.3 is 39.5 Å². The topological polar surface area (TPSA) is 237 Å². The van der Waals surface area contributed by atoms with Crippen LogP contribution in [0.15, 0.2) is 0 Å². The molecule has 5 atom stereocenters. The number of hydrogen-bond acceptors (Lipinski definition) is 15. The predicted molar refractivity (Wildman–Crippen MR) is 441 cm³/mol. The van der Waals surface area contributed by atoms with Gasteiger partial charge in [0.15, 0.2) is 12.2 Å². The van der Waals surface area contributed by atoms with Crippen molar-refractivity contribution in [3.8, 4) is 0 Å². The van der Waals surface area contributed by atoms with E-state index >= 15 is 0 Å². The van der Waals surface area contributed by atoms with Crippen LogP contribution in [-0.4, -0.2) is 96.7 Å².